The fourth-order valence-electron chi connectivity index (χ4n) is 4.65. The summed E-state index contributed by atoms with van der Waals surface area (Å²) in [6.07, 6.45) is 1.66. The van der Waals surface area contributed by atoms with E-state index in [4.69, 9.17) is 24.4 Å². The largest absolute Gasteiger partial charge is 0.490 e. The van der Waals surface area contributed by atoms with Crippen LogP contribution in [0, 0.1) is 32.1 Å². The molecule has 7 heteroatoms. The lowest BCUT2D eigenvalue weighted by Gasteiger charge is -2.27. The second-order valence-corrected chi connectivity index (χ2v) is 9.13. The Kier molecular flexibility index (Phi) is 6.39. The van der Waals surface area contributed by atoms with E-state index in [2.05, 4.69) is 12.6 Å². The molecule has 2 heterocycles. The topological polar surface area (TPSA) is 108 Å². The molecule has 4 aromatic rings. The fourth-order valence-corrected chi connectivity index (χ4v) is 4.65. The van der Waals surface area contributed by atoms with Gasteiger partial charge < -0.3 is 24.4 Å². The van der Waals surface area contributed by atoms with E-state index >= 15 is 0 Å². The molecule has 1 aromatic heterocycles. The van der Waals surface area contributed by atoms with Crippen LogP contribution >= 0.6 is 0 Å². The number of hydrogen-bond donors (Lipinski definition) is 1. The monoisotopic (exact) mass is 506 g/mol. The van der Waals surface area contributed by atoms with Crippen LogP contribution < -0.4 is 19.9 Å². The number of furan rings is 1. The van der Waals surface area contributed by atoms with Gasteiger partial charge in [0, 0.05) is 22.6 Å². The lowest BCUT2D eigenvalue weighted by Crippen LogP contribution is -2.21. The highest BCUT2D eigenvalue weighted by atomic mass is 16.5. The molecule has 0 spiro atoms. The summed E-state index contributed by atoms with van der Waals surface area (Å²) in [6, 6.07) is 18.6. The molecule has 0 aliphatic carbocycles. The summed E-state index contributed by atoms with van der Waals surface area (Å²) >= 11 is 0. The Bertz CT molecular complexity index is 1670. The molecule has 2 N–H and O–H groups in total. The van der Waals surface area contributed by atoms with Gasteiger partial charge in [-0.1, -0.05) is 43.0 Å². The molecule has 1 aliphatic heterocycles. The quantitative estimate of drug-likeness (QED) is 0.184. The van der Waals surface area contributed by atoms with E-state index in [1.54, 1.807) is 24.3 Å². The zero-order chi connectivity index (χ0) is 27.0. The Morgan fingerprint density at radius 3 is 2.68 bits per heavy atom. The molecule has 0 saturated heterocycles. The van der Waals surface area contributed by atoms with Gasteiger partial charge in [-0.25, -0.2) is 4.79 Å². The summed E-state index contributed by atoms with van der Waals surface area (Å²) in [4.78, 5) is 13.1. The van der Waals surface area contributed by atoms with Crippen LogP contribution in [0.3, 0.4) is 0 Å². The van der Waals surface area contributed by atoms with Crippen LogP contribution in [0.1, 0.15) is 44.3 Å². The molecule has 1 unspecified atom stereocenters. The third-order valence-electron chi connectivity index (χ3n) is 6.77. The maximum Gasteiger partial charge on any atom is 0.379 e. The van der Waals surface area contributed by atoms with E-state index in [9.17, 15) is 10.1 Å². The average Bonchev–Trinajstić information content (AvgIpc) is 3.25. The Balaban J connectivity index is 1.48. The van der Waals surface area contributed by atoms with E-state index in [-0.39, 0.29) is 23.0 Å². The van der Waals surface area contributed by atoms with E-state index < -0.39 is 11.9 Å². The Morgan fingerprint density at radius 1 is 1.11 bits per heavy atom. The van der Waals surface area contributed by atoms with Crippen LogP contribution in [-0.4, -0.2) is 12.6 Å². The van der Waals surface area contributed by atoms with E-state index in [0.29, 0.717) is 34.8 Å². The van der Waals surface area contributed by atoms with Crippen molar-refractivity contribution in [2.45, 2.75) is 26.7 Å². The molecular weight excluding hydrogens is 480 g/mol. The number of nitrogens with zero attached hydrogens (tertiary/aromatic N) is 1. The van der Waals surface area contributed by atoms with Crippen molar-refractivity contribution >= 4 is 16.9 Å². The van der Waals surface area contributed by atoms with Crippen molar-refractivity contribution in [1.82, 2.24) is 0 Å². The number of nitrogens with two attached hydrogens (primary N) is 1. The number of benzene rings is 3. The molecule has 38 heavy (non-hydrogen) atoms. The van der Waals surface area contributed by atoms with Gasteiger partial charge in [0.1, 0.15) is 41.1 Å². The number of nitriles is 1. The molecule has 190 valence electrons. The van der Waals surface area contributed by atoms with Crippen LogP contribution in [-0.2, 0) is 0 Å². The van der Waals surface area contributed by atoms with Crippen molar-refractivity contribution in [2.24, 2.45) is 5.73 Å². The molecule has 7 nitrogen and oxygen atoms in total. The van der Waals surface area contributed by atoms with Crippen molar-refractivity contribution in [3.8, 4) is 23.3 Å². The van der Waals surface area contributed by atoms with E-state index in [1.807, 2.05) is 57.2 Å². The van der Waals surface area contributed by atoms with Crippen LogP contribution in [0.15, 0.2) is 83.1 Å². The lowest BCUT2D eigenvalue weighted by atomic mass is 9.83. The van der Waals surface area contributed by atoms with Gasteiger partial charge in [0.2, 0.25) is 11.6 Å². The van der Waals surface area contributed by atoms with Gasteiger partial charge >= 0.3 is 5.97 Å². The number of carbonyl (C=O) groups is 1. The SMILES string of the molecule is C=CCOc1cccc(C2C(C#N)=C(N)Oc3cc(OC(=O)c4oc5c(C)c(C)ccc5c4C)ccc32)c1. The van der Waals surface area contributed by atoms with Gasteiger partial charge in [-0.3, -0.25) is 0 Å². The number of esters is 1. The van der Waals surface area contributed by atoms with Crippen molar-refractivity contribution < 1.29 is 23.4 Å². The summed E-state index contributed by atoms with van der Waals surface area (Å²) in [5.74, 6) is 0.334. The summed E-state index contributed by atoms with van der Waals surface area (Å²) in [7, 11) is 0. The number of allylic oxidation sites excluding steroid dienone is 1. The van der Waals surface area contributed by atoms with Crippen LogP contribution in [0.5, 0.6) is 17.2 Å². The number of aryl methyl sites for hydroxylation is 3. The van der Waals surface area contributed by atoms with Gasteiger partial charge in [-0.2, -0.15) is 5.26 Å². The number of fused-ring (bicyclic) bond motifs is 2. The zero-order valence-corrected chi connectivity index (χ0v) is 21.3. The van der Waals surface area contributed by atoms with Crippen LogP contribution in [0.2, 0.25) is 0 Å². The highest BCUT2D eigenvalue weighted by Crippen LogP contribution is 2.44. The minimum Gasteiger partial charge on any atom is -0.490 e. The van der Waals surface area contributed by atoms with Crippen LogP contribution in [0.25, 0.3) is 11.0 Å². The molecule has 0 fully saturated rings. The first kappa shape index (κ1) is 24.7. The molecule has 0 bridgehead atoms. The molecule has 0 amide bonds. The molecular formula is C31H26N2O5. The fraction of sp³-hybridized carbons (Fsp3) is 0.161. The standard InChI is InChI=1S/C31H26N2O5/c1-5-13-35-21-8-6-7-20(14-21)27-24-12-10-22(15-26(24)37-30(33)25(27)16-32)36-31(34)29-19(4)23-11-9-17(2)18(3)28(23)38-29/h5-12,14-15,27H,1,13,33H2,2-4H3. The van der Waals surface area contributed by atoms with Gasteiger partial charge in [-0.05, 0) is 55.7 Å². The van der Waals surface area contributed by atoms with Gasteiger partial charge in [0.05, 0.1) is 5.92 Å². The second-order valence-electron chi connectivity index (χ2n) is 9.13. The predicted molar refractivity (Wildman–Crippen MR) is 143 cm³/mol. The molecule has 3 aromatic carbocycles. The van der Waals surface area contributed by atoms with Crippen molar-refractivity contribution in [1.29, 1.82) is 5.26 Å². The normalized spacial score (nSPS) is 14.4. The van der Waals surface area contributed by atoms with Crippen molar-refractivity contribution in [2.75, 3.05) is 6.61 Å². The maximum absolute atomic E-state index is 13.1. The third kappa shape index (κ3) is 4.27. The summed E-state index contributed by atoms with van der Waals surface area (Å²) < 4.78 is 23.1. The molecule has 5 rings (SSSR count). The Labute approximate surface area is 220 Å². The number of ether oxygens (including phenoxy) is 3. The van der Waals surface area contributed by atoms with Crippen molar-refractivity contribution in [3.05, 3.63) is 112 Å². The van der Waals surface area contributed by atoms with E-state index in [0.717, 1.165) is 22.1 Å². The minimum absolute atomic E-state index is 0.00939. The first-order valence-corrected chi connectivity index (χ1v) is 12.1. The molecule has 0 radical (unpaired) electrons. The minimum atomic E-state index is -0.614. The summed E-state index contributed by atoms with van der Waals surface area (Å²) in [6.45, 7) is 9.82. The number of carbonyl (C=O) groups excluding carboxylic acids is 1. The highest BCUT2D eigenvalue weighted by Gasteiger charge is 2.31. The predicted octanol–water partition coefficient (Wildman–Crippen LogP) is 6.36. The van der Waals surface area contributed by atoms with E-state index in [1.165, 1.54) is 0 Å². The maximum atomic E-state index is 13.1. The van der Waals surface area contributed by atoms with Gasteiger partial charge in [-0.15, -0.1) is 0 Å². The summed E-state index contributed by atoms with van der Waals surface area (Å²) in [5.41, 5.74) is 11.4. The smallest absolute Gasteiger partial charge is 0.379 e. The van der Waals surface area contributed by atoms with Crippen molar-refractivity contribution in [3.63, 3.8) is 0 Å². The Morgan fingerprint density at radius 2 is 1.92 bits per heavy atom. The highest BCUT2D eigenvalue weighted by molar-refractivity contribution is 5.98. The average molecular weight is 507 g/mol. The Hall–Kier alpha value is -4.96. The van der Waals surface area contributed by atoms with Gasteiger partial charge in [0.25, 0.3) is 0 Å². The van der Waals surface area contributed by atoms with Gasteiger partial charge in [0.15, 0.2) is 0 Å². The molecule has 1 atom stereocenters. The number of hydrogen-bond acceptors (Lipinski definition) is 7. The first-order chi connectivity index (χ1) is 18.3. The molecule has 1 aliphatic rings. The number of rotatable bonds is 6. The lowest BCUT2D eigenvalue weighted by molar-refractivity contribution is 0.0702. The third-order valence-corrected chi connectivity index (χ3v) is 6.77. The zero-order valence-electron chi connectivity index (χ0n) is 21.3. The second kappa shape index (κ2) is 9.83. The first-order valence-electron chi connectivity index (χ1n) is 12.1. The van der Waals surface area contributed by atoms with Crippen LogP contribution in [0.4, 0.5) is 0 Å². The molecule has 0 saturated carbocycles. The summed E-state index contributed by atoms with van der Waals surface area (Å²) in [5, 5.41) is 10.7.